The standard InChI is InChI=1S/C20H31N3O3S/c1-2-6-18(24)23-14-13-15-9-11-17(12-10-15)27(25,26)20(22)19(21)16-7-4-3-5-8-16/h2,6,9-12,16,19-20H,3-5,7-8,13-14,21-22H2,1H3,(H,23,24). The number of hydrogen-bond donors (Lipinski definition) is 3. The molecule has 0 aliphatic heterocycles. The third kappa shape index (κ3) is 5.89. The molecule has 7 heteroatoms. The SMILES string of the molecule is CC=CC(=O)NCCc1ccc(S(=O)(=O)C(N)C(N)C2CCCCC2)cc1. The van der Waals surface area contributed by atoms with Crippen LogP contribution < -0.4 is 16.8 Å². The van der Waals surface area contributed by atoms with Crippen LogP contribution in [0.15, 0.2) is 41.3 Å². The number of sulfone groups is 1. The monoisotopic (exact) mass is 393 g/mol. The second kappa shape index (κ2) is 10.0. The molecule has 0 aromatic heterocycles. The van der Waals surface area contributed by atoms with E-state index in [-0.39, 0.29) is 16.7 Å². The van der Waals surface area contributed by atoms with Crippen LogP contribution in [0, 0.1) is 5.92 Å². The van der Waals surface area contributed by atoms with Crippen LogP contribution in [-0.2, 0) is 21.1 Å². The van der Waals surface area contributed by atoms with E-state index in [1.54, 1.807) is 37.3 Å². The van der Waals surface area contributed by atoms with Crippen molar-refractivity contribution in [1.29, 1.82) is 0 Å². The molecule has 1 aliphatic carbocycles. The van der Waals surface area contributed by atoms with Gasteiger partial charge in [0.05, 0.1) is 4.90 Å². The molecule has 0 saturated heterocycles. The van der Waals surface area contributed by atoms with Crippen LogP contribution in [0.4, 0.5) is 0 Å². The summed E-state index contributed by atoms with van der Waals surface area (Å²) >= 11 is 0. The lowest BCUT2D eigenvalue weighted by Crippen LogP contribution is -2.51. The summed E-state index contributed by atoms with van der Waals surface area (Å²) in [7, 11) is -3.67. The Labute approximate surface area is 162 Å². The van der Waals surface area contributed by atoms with Crippen molar-refractivity contribution >= 4 is 15.7 Å². The quantitative estimate of drug-likeness (QED) is 0.583. The van der Waals surface area contributed by atoms with Gasteiger partial charge in [0.1, 0.15) is 5.37 Å². The van der Waals surface area contributed by atoms with Gasteiger partial charge < -0.3 is 16.8 Å². The number of carbonyl (C=O) groups is 1. The van der Waals surface area contributed by atoms with Gasteiger partial charge in [0.2, 0.25) is 5.91 Å². The van der Waals surface area contributed by atoms with Gasteiger partial charge in [-0.1, -0.05) is 37.5 Å². The highest BCUT2D eigenvalue weighted by Crippen LogP contribution is 2.29. The first-order chi connectivity index (χ1) is 12.9. The van der Waals surface area contributed by atoms with Crippen molar-refractivity contribution in [2.24, 2.45) is 17.4 Å². The summed E-state index contributed by atoms with van der Waals surface area (Å²) in [6.07, 6.45) is 9.02. The van der Waals surface area contributed by atoms with Crippen molar-refractivity contribution < 1.29 is 13.2 Å². The van der Waals surface area contributed by atoms with Crippen LogP contribution in [-0.4, -0.2) is 32.3 Å². The summed E-state index contributed by atoms with van der Waals surface area (Å²) in [5, 5.41) is 1.67. The van der Waals surface area contributed by atoms with E-state index in [0.717, 1.165) is 31.2 Å². The first-order valence-electron chi connectivity index (χ1n) is 9.60. The minimum absolute atomic E-state index is 0.139. The molecule has 1 aromatic carbocycles. The summed E-state index contributed by atoms with van der Waals surface area (Å²) in [5.74, 6) is 0.0305. The fourth-order valence-corrected chi connectivity index (χ4v) is 5.00. The number of allylic oxidation sites excluding steroid dienone is 1. The van der Waals surface area contributed by atoms with Crippen LogP contribution in [0.1, 0.15) is 44.6 Å². The van der Waals surface area contributed by atoms with Crippen LogP contribution in [0.5, 0.6) is 0 Å². The number of amides is 1. The zero-order valence-electron chi connectivity index (χ0n) is 15.9. The normalized spacial score (nSPS) is 18.3. The maximum absolute atomic E-state index is 12.8. The highest BCUT2D eigenvalue weighted by Gasteiger charge is 2.34. The number of carbonyl (C=O) groups excluding carboxylic acids is 1. The molecule has 0 heterocycles. The lowest BCUT2D eigenvalue weighted by atomic mass is 9.84. The Bertz CT molecular complexity index is 738. The summed E-state index contributed by atoms with van der Waals surface area (Å²) in [4.78, 5) is 11.6. The molecule has 1 fully saturated rings. The fraction of sp³-hybridized carbons (Fsp3) is 0.550. The molecule has 6 nitrogen and oxygen atoms in total. The number of hydrogen-bond acceptors (Lipinski definition) is 5. The van der Waals surface area contributed by atoms with Crippen molar-refractivity contribution in [2.45, 2.75) is 61.8 Å². The van der Waals surface area contributed by atoms with Crippen molar-refractivity contribution in [2.75, 3.05) is 6.54 Å². The van der Waals surface area contributed by atoms with E-state index in [9.17, 15) is 13.2 Å². The largest absolute Gasteiger partial charge is 0.352 e. The maximum atomic E-state index is 12.8. The molecule has 1 aliphatic rings. The predicted molar refractivity (Wildman–Crippen MR) is 108 cm³/mol. The first-order valence-corrected chi connectivity index (χ1v) is 11.2. The third-order valence-electron chi connectivity index (χ3n) is 5.21. The number of rotatable bonds is 8. The van der Waals surface area contributed by atoms with E-state index in [1.807, 2.05) is 0 Å². The Morgan fingerprint density at radius 3 is 2.41 bits per heavy atom. The second-order valence-electron chi connectivity index (χ2n) is 7.17. The van der Waals surface area contributed by atoms with Gasteiger partial charge in [0.25, 0.3) is 0 Å². The molecule has 5 N–H and O–H groups in total. The zero-order chi connectivity index (χ0) is 19.9. The molecule has 2 rings (SSSR count). The molecule has 1 aromatic rings. The van der Waals surface area contributed by atoms with E-state index < -0.39 is 21.3 Å². The molecule has 27 heavy (non-hydrogen) atoms. The van der Waals surface area contributed by atoms with Gasteiger partial charge >= 0.3 is 0 Å². The smallest absolute Gasteiger partial charge is 0.243 e. The molecule has 1 amide bonds. The maximum Gasteiger partial charge on any atom is 0.243 e. The Kier molecular flexibility index (Phi) is 8.01. The van der Waals surface area contributed by atoms with Crippen LogP contribution >= 0.6 is 0 Å². The fourth-order valence-electron chi connectivity index (χ4n) is 3.54. The zero-order valence-corrected chi connectivity index (χ0v) is 16.8. The van der Waals surface area contributed by atoms with E-state index in [0.29, 0.717) is 13.0 Å². The van der Waals surface area contributed by atoms with E-state index in [4.69, 9.17) is 11.5 Å². The van der Waals surface area contributed by atoms with Gasteiger partial charge in [-0.25, -0.2) is 8.42 Å². The van der Waals surface area contributed by atoms with Gasteiger partial charge in [0.15, 0.2) is 9.84 Å². The highest BCUT2D eigenvalue weighted by atomic mass is 32.2. The van der Waals surface area contributed by atoms with E-state index in [1.165, 1.54) is 12.5 Å². The molecule has 150 valence electrons. The predicted octanol–water partition coefficient (Wildman–Crippen LogP) is 1.89. The average Bonchev–Trinajstić information content (AvgIpc) is 2.68. The molecular formula is C20H31N3O3S. The van der Waals surface area contributed by atoms with Gasteiger partial charge in [-0.2, -0.15) is 0 Å². The molecule has 0 bridgehead atoms. The lowest BCUT2D eigenvalue weighted by molar-refractivity contribution is -0.116. The van der Waals surface area contributed by atoms with Gasteiger partial charge in [-0.15, -0.1) is 0 Å². The minimum Gasteiger partial charge on any atom is -0.352 e. The van der Waals surface area contributed by atoms with Gasteiger partial charge in [-0.05, 0) is 55.9 Å². The molecule has 2 unspecified atom stereocenters. The topological polar surface area (TPSA) is 115 Å². The Morgan fingerprint density at radius 1 is 1.19 bits per heavy atom. The van der Waals surface area contributed by atoms with Crippen LogP contribution in [0.2, 0.25) is 0 Å². The number of nitrogens with two attached hydrogens (primary N) is 2. The highest BCUT2D eigenvalue weighted by molar-refractivity contribution is 7.92. The number of benzene rings is 1. The van der Waals surface area contributed by atoms with E-state index >= 15 is 0 Å². The van der Waals surface area contributed by atoms with E-state index in [2.05, 4.69) is 5.32 Å². The summed E-state index contributed by atoms with van der Waals surface area (Å²) in [6.45, 7) is 2.27. The van der Waals surface area contributed by atoms with Crippen molar-refractivity contribution in [1.82, 2.24) is 5.32 Å². The second-order valence-corrected chi connectivity index (χ2v) is 9.28. The first kappa shape index (κ1) is 21.6. The Hall–Kier alpha value is -1.70. The van der Waals surface area contributed by atoms with Crippen molar-refractivity contribution in [3.8, 4) is 0 Å². The van der Waals surface area contributed by atoms with Crippen molar-refractivity contribution in [3.63, 3.8) is 0 Å². The summed E-state index contributed by atoms with van der Waals surface area (Å²) < 4.78 is 25.7. The van der Waals surface area contributed by atoms with Crippen LogP contribution in [0.25, 0.3) is 0 Å². The molecular weight excluding hydrogens is 362 g/mol. The van der Waals surface area contributed by atoms with Gasteiger partial charge in [-0.3, -0.25) is 4.79 Å². The summed E-state index contributed by atoms with van der Waals surface area (Å²) in [5.41, 5.74) is 13.2. The third-order valence-corrected chi connectivity index (χ3v) is 7.17. The van der Waals surface area contributed by atoms with Crippen LogP contribution in [0.3, 0.4) is 0 Å². The molecule has 2 atom stereocenters. The Balaban J connectivity index is 1.98. The molecule has 0 radical (unpaired) electrons. The average molecular weight is 394 g/mol. The number of nitrogens with one attached hydrogen (secondary N) is 1. The molecule has 1 saturated carbocycles. The van der Waals surface area contributed by atoms with Crippen molar-refractivity contribution in [3.05, 3.63) is 42.0 Å². The van der Waals surface area contributed by atoms with Gasteiger partial charge in [0, 0.05) is 12.6 Å². The summed E-state index contributed by atoms with van der Waals surface area (Å²) in [6, 6.07) is 6.12. The lowest BCUT2D eigenvalue weighted by Gasteiger charge is -2.31. The molecule has 0 spiro atoms. The Morgan fingerprint density at radius 2 is 1.81 bits per heavy atom. The minimum atomic E-state index is -3.67.